The van der Waals surface area contributed by atoms with Gasteiger partial charge < -0.3 is 5.11 Å². The number of hydrogen-bond donors (Lipinski definition) is 1. The van der Waals surface area contributed by atoms with Gasteiger partial charge in [-0.2, -0.15) is 0 Å². The van der Waals surface area contributed by atoms with E-state index in [1.54, 1.807) is 0 Å². The molecule has 1 N–H and O–H groups in total. The molecule has 1 aliphatic heterocycles. The van der Waals surface area contributed by atoms with Gasteiger partial charge in [0.05, 0.1) is 5.60 Å². The smallest absolute Gasteiger partial charge is 0.0614 e. The van der Waals surface area contributed by atoms with E-state index >= 15 is 0 Å². The molecule has 2 heteroatoms. The standard InChI is InChI=1S/C8H18OSi/c1-8(9)4-6-10(2,3)7-5-8/h9H,4-7H2,1-3H3. The van der Waals surface area contributed by atoms with Gasteiger partial charge in [-0.3, -0.25) is 0 Å². The van der Waals surface area contributed by atoms with Crippen molar-refractivity contribution in [2.75, 3.05) is 0 Å². The van der Waals surface area contributed by atoms with E-state index in [9.17, 15) is 5.11 Å². The van der Waals surface area contributed by atoms with E-state index in [1.807, 2.05) is 6.92 Å². The van der Waals surface area contributed by atoms with E-state index in [-0.39, 0.29) is 5.60 Å². The average Bonchev–Trinajstić information content (AvgIpc) is 1.79. The minimum absolute atomic E-state index is 0.331. The molecule has 0 aromatic rings. The minimum Gasteiger partial charge on any atom is -0.390 e. The van der Waals surface area contributed by atoms with E-state index in [0.717, 1.165) is 12.8 Å². The van der Waals surface area contributed by atoms with Crippen molar-refractivity contribution in [2.45, 2.75) is 50.5 Å². The Kier molecular flexibility index (Phi) is 1.94. The van der Waals surface area contributed by atoms with Crippen LogP contribution in [0.15, 0.2) is 0 Å². The second-order valence-corrected chi connectivity index (χ2v) is 9.99. The van der Waals surface area contributed by atoms with Crippen LogP contribution in [0.2, 0.25) is 25.2 Å². The van der Waals surface area contributed by atoms with Crippen molar-refractivity contribution in [3.63, 3.8) is 0 Å². The highest BCUT2D eigenvalue weighted by Crippen LogP contribution is 2.34. The fourth-order valence-corrected chi connectivity index (χ4v) is 4.15. The van der Waals surface area contributed by atoms with Crippen molar-refractivity contribution in [3.05, 3.63) is 0 Å². The Morgan fingerprint density at radius 3 is 1.90 bits per heavy atom. The van der Waals surface area contributed by atoms with Gasteiger partial charge in [0.25, 0.3) is 0 Å². The van der Waals surface area contributed by atoms with Gasteiger partial charge in [-0.15, -0.1) is 0 Å². The average molecular weight is 158 g/mol. The molecule has 1 aliphatic rings. The van der Waals surface area contributed by atoms with E-state index in [0.29, 0.717) is 0 Å². The number of aliphatic hydroxyl groups is 1. The van der Waals surface area contributed by atoms with Crippen LogP contribution < -0.4 is 0 Å². The third kappa shape index (κ3) is 2.10. The number of rotatable bonds is 0. The normalized spacial score (nSPS) is 30.0. The van der Waals surface area contributed by atoms with Gasteiger partial charge in [0, 0.05) is 8.07 Å². The van der Waals surface area contributed by atoms with Gasteiger partial charge in [0.1, 0.15) is 0 Å². The molecule has 0 radical (unpaired) electrons. The van der Waals surface area contributed by atoms with E-state index in [4.69, 9.17) is 0 Å². The first-order valence-electron chi connectivity index (χ1n) is 4.14. The van der Waals surface area contributed by atoms with Gasteiger partial charge in [0.15, 0.2) is 0 Å². The largest absolute Gasteiger partial charge is 0.390 e. The lowest BCUT2D eigenvalue weighted by atomic mass is 10.0. The molecule has 0 amide bonds. The fourth-order valence-electron chi connectivity index (χ4n) is 1.47. The molecule has 0 saturated carbocycles. The highest BCUT2D eigenvalue weighted by molar-refractivity contribution is 6.77. The molecule has 1 heterocycles. The maximum absolute atomic E-state index is 9.63. The topological polar surface area (TPSA) is 20.2 Å². The maximum atomic E-state index is 9.63. The molecule has 0 unspecified atom stereocenters. The van der Waals surface area contributed by atoms with Gasteiger partial charge in [-0.05, 0) is 19.8 Å². The van der Waals surface area contributed by atoms with Crippen molar-refractivity contribution in [1.82, 2.24) is 0 Å². The van der Waals surface area contributed by atoms with Crippen LogP contribution in [0.3, 0.4) is 0 Å². The van der Waals surface area contributed by atoms with Gasteiger partial charge in [-0.1, -0.05) is 25.2 Å². The SMILES string of the molecule is CC1(O)CC[Si](C)(C)CC1. The number of hydrogen-bond acceptors (Lipinski definition) is 1. The Balaban J connectivity index is 2.46. The summed E-state index contributed by atoms with van der Waals surface area (Å²) in [6, 6.07) is 2.61. The highest BCUT2D eigenvalue weighted by Gasteiger charge is 2.33. The predicted molar refractivity (Wildman–Crippen MR) is 47.0 cm³/mol. The first kappa shape index (κ1) is 8.28. The van der Waals surface area contributed by atoms with Crippen LogP contribution in [0.4, 0.5) is 0 Å². The zero-order chi connectivity index (χ0) is 7.83. The molecule has 1 fully saturated rings. The van der Waals surface area contributed by atoms with Gasteiger partial charge in [-0.25, -0.2) is 0 Å². The van der Waals surface area contributed by atoms with Crippen molar-refractivity contribution < 1.29 is 5.11 Å². The lowest BCUT2D eigenvalue weighted by molar-refractivity contribution is 0.0466. The molecular formula is C8H18OSi. The van der Waals surface area contributed by atoms with Crippen molar-refractivity contribution in [1.29, 1.82) is 0 Å². The summed E-state index contributed by atoms with van der Waals surface area (Å²) in [5.41, 5.74) is -0.331. The lowest BCUT2D eigenvalue weighted by Gasteiger charge is -2.36. The first-order valence-corrected chi connectivity index (χ1v) is 7.55. The van der Waals surface area contributed by atoms with Crippen LogP contribution in [-0.4, -0.2) is 18.8 Å². The van der Waals surface area contributed by atoms with Crippen molar-refractivity contribution in [3.8, 4) is 0 Å². The monoisotopic (exact) mass is 158 g/mol. The summed E-state index contributed by atoms with van der Waals surface area (Å²) >= 11 is 0. The van der Waals surface area contributed by atoms with Crippen LogP contribution in [0.5, 0.6) is 0 Å². The Morgan fingerprint density at radius 2 is 1.60 bits per heavy atom. The maximum Gasteiger partial charge on any atom is 0.0614 e. The summed E-state index contributed by atoms with van der Waals surface area (Å²) < 4.78 is 0. The molecule has 1 rings (SSSR count). The quantitative estimate of drug-likeness (QED) is 0.536. The van der Waals surface area contributed by atoms with E-state index in [2.05, 4.69) is 13.1 Å². The van der Waals surface area contributed by atoms with Crippen LogP contribution in [0.25, 0.3) is 0 Å². The van der Waals surface area contributed by atoms with Crippen molar-refractivity contribution >= 4 is 8.07 Å². The van der Waals surface area contributed by atoms with Gasteiger partial charge >= 0.3 is 0 Å². The van der Waals surface area contributed by atoms with Gasteiger partial charge in [0.2, 0.25) is 0 Å². The van der Waals surface area contributed by atoms with Crippen LogP contribution >= 0.6 is 0 Å². The second-order valence-electron chi connectivity index (χ2n) is 4.66. The van der Waals surface area contributed by atoms with E-state index < -0.39 is 8.07 Å². The third-order valence-corrected chi connectivity index (χ3v) is 5.89. The van der Waals surface area contributed by atoms with Crippen LogP contribution in [0, 0.1) is 0 Å². The fraction of sp³-hybridized carbons (Fsp3) is 1.00. The summed E-state index contributed by atoms with van der Waals surface area (Å²) in [5, 5.41) is 9.63. The summed E-state index contributed by atoms with van der Waals surface area (Å²) in [7, 11) is -0.839. The first-order chi connectivity index (χ1) is 4.41. The molecule has 60 valence electrons. The van der Waals surface area contributed by atoms with Crippen molar-refractivity contribution in [2.24, 2.45) is 0 Å². The van der Waals surface area contributed by atoms with E-state index in [1.165, 1.54) is 12.1 Å². The molecule has 0 atom stereocenters. The second kappa shape index (κ2) is 2.34. The Bertz CT molecular complexity index is 101. The molecule has 1 saturated heterocycles. The van der Waals surface area contributed by atoms with Crippen LogP contribution in [0.1, 0.15) is 19.8 Å². The molecule has 1 nitrogen and oxygen atoms in total. The Hall–Kier alpha value is 0.177. The molecule has 0 bridgehead atoms. The molecule has 0 spiro atoms. The minimum atomic E-state index is -0.839. The zero-order valence-electron chi connectivity index (χ0n) is 7.28. The van der Waals surface area contributed by atoms with Crippen LogP contribution in [-0.2, 0) is 0 Å². The summed E-state index contributed by atoms with van der Waals surface area (Å²) in [6.07, 6.45) is 2.07. The molecular weight excluding hydrogens is 140 g/mol. The Labute approximate surface area is 64.5 Å². The summed E-state index contributed by atoms with van der Waals surface area (Å²) in [6.45, 7) is 6.81. The Morgan fingerprint density at radius 1 is 1.20 bits per heavy atom. The molecule has 10 heavy (non-hydrogen) atoms. The highest BCUT2D eigenvalue weighted by atomic mass is 28.3. The summed E-state index contributed by atoms with van der Waals surface area (Å²) in [4.78, 5) is 0. The molecule has 0 aromatic heterocycles. The lowest BCUT2D eigenvalue weighted by Crippen LogP contribution is -2.39. The third-order valence-electron chi connectivity index (χ3n) is 2.68. The zero-order valence-corrected chi connectivity index (χ0v) is 8.28. The summed E-state index contributed by atoms with van der Waals surface area (Å²) in [5.74, 6) is 0. The molecule has 0 aliphatic carbocycles. The molecule has 0 aromatic carbocycles. The predicted octanol–water partition coefficient (Wildman–Crippen LogP) is 2.24.